The number of esters is 3. The van der Waals surface area contributed by atoms with Crippen LogP contribution in [-0.2, 0) is 28.6 Å². The Morgan fingerprint density at radius 3 is 0.662 bits per heavy atom. The summed E-state index contributed by atoms with van der Waals surface area (Å²) in [7, 11) is 0. The summed E-state index contributed by atoms with van der Waals surface area (Å²) in [5.74, 6) is 1.66. The number of unbranched alkanes of at least 4 members (excludes halogenated alkanes) is 35. The van der Waals surface area contributed by atoms with Crippen LogP contribution in [0.5, 0.6) is 0 Å². The molecule has 0 amide bonds. The minimum Gasteiger partial charge on any atom is -0.462 e. The van der Waals surface area contributed by atoms with Gasteiger partial charge in [0.1, 0.15) is 13.2 Å². The van der Waals surface area contributed by atoms with Crippen LogP contribution in [0.25, 0.3) is 0 Å². The molecule has 0 aromatic rings. The highest BCUT2D eigenvalue weighted by molar-refractivity contribution is 5.71. The molecule has 0 rings (SSSR count). The predicted molar refractivity (Wildman–Crippen MR) is 279 cm³/mol. The van der Waals surface area contributed by atoms with Crippen LogP contribution in [0.2, 0.25) is 0 Å². The number of hydrogen-bond acceptors (Lipinski definition) is 6. The van der Waals surface area contributed by atoms with E-state index in [4.69, 9.17) is 14.2 Å². The molecule has 0 bridgehead atoms. The first-order valence-corrected chi connectivity index (χ1v) is 29.1. The number of rotatable bonds is 52. The summed E-state index contributed by atoms with van der Waals surface area (Å²) in [6, 6.07) is 0. The molecule has 65 heavy (non-hydrogen) atoms. The van der Waals surface area contributed by atoms with Crippen molar-refractivity contribution >= 4 is 17.9 Å². The zero-order valence-electron chi connectivity index (χ0n) is 44.8. The van der Waals surface area contributed by atoms with Crippen molar-refractivity contribution in [2.24, 2.45) is 17.8 Å². The highest BCUT2D eigenvalue weighted by Crippen LogP contribution is 2.18. The van der Waals surface area contributed by atoms with Gasteiger partial charge in [-0.1, -0.05) is 286 Å². The van der Waals surface area contributed by atoms with E-state index < -0.39 is 6.10 Å². The van der Waals surface area contributed by atoms with Crippen LogP contribution >= 0.6 is 0 Å². The molecule has 6 nitrogen and oxygen atoms in total. The first-order chi connectivity index (χ1) is 31.6. The van der Waals surface area contributed by atoms with Gasteiger partial charge in [-0.05, 0) is 37.0 Å². The topological polar surface area (TPSA) is 78.9 Å². The van der Waals surface area contributed by atoms with Crippen LogP contribution < -0.4 is 0 Å². The minimum atomic E-state index is -0.764. The largest absolute Gasteiger partial charge is 0.462 e. The Labute approximate surface area is 406 Å². The maximum Gasteiger partial charge on any atom is 0.306 e. The van der Waals surface area contributed by atoms with Crippen molar-refractivity contribution < 1.29 is 28.6 Å². The van der Waals surface area contributed by atoms with Gasteiger partial charge in [-0.15, -0.1) is 0 Å². The quantitative estimate of drug-likeness (QED) is 0.0344. The van der Waals surface area contributed by atoms with Gasteiger partial charge in [0, 0.05) is 19.3 Å². The fourth-order valence-corrected chi connectivity index (χ4v) is 9.00. The molecule has 6 heteroatoms. The molecule has 0 aliphatic heterocycles. The van der Waals surface area contributed by atoms with Crippen molar-refractivity contribution in [3.05, 3.63) is 0 Å². The van der Waals surface area contributed by atoms with E-state index in [1.165, 1.54) is 205 Å². The Kier molecular flexibility index (Phi) is 49.1. The monoisotopic (exact) mass is 919 g/mol. The Morgan fingerprint density at radius 2 is 0.446 bits per heavy atom. The van der Waals surface area contributed by atoms with E-state index in [0.29, 0.717) is 19.3 Å². The average Bonchev–Trinajstić information content (AvgIpc) is 3.26. The number of ether oxygens (including phenoxy) is 3. The molecular weight excluding hydrogens is 805 g/mol. The third-order valence-electron chi connectivity index (χ3n) is 13.4. The number of hydrogen-bond donors (Lipinski definition) is 0. The maximum atomic E-state index is 12.8. The summed E-state index contributed by atoms with van der Waals surface area (Å²) in [6.07, 6.45) is 52.4. The van der Waals surface area contributed by atoms with E-state index in [0.717, 1.165) is 75.5 Å². The Hall–Kier alpha value is -1.59. The van der Waals surface area contributed by atoms with Gasteiger partial charge in [0.15, 0.2) is 6.10 Å². The molecule has 0 radical (unpaired) electrons. The molecule has 1 atom stereocenters. The van der Waals surface area contributed by atoms with Crippen LogP contribution in [0.1, 0.15) is 324 Å². The molecule has 0 aromatic heterocycles. The van der Waals surface area contributed by atoms with Crippen LogP contribution in [-0.4, -0.2) is 37.2 Å². The standard InChI is InChI=1S/C59H114O6/c1-53(2)45-39-33-27-21-15-11-9-7-8-10-12-17-24-30-36-42-48-57(60)63-51-56(52-64-58(61)49-43-37-31-25-20-19-23-29-35-41-47-55(5)6)65-59(62)50-44-38-32-26-18-14-13-16-22-28-34-40-46-54(3)4/h53-56H,7-52H2,1-6H3/t56-/m0/s1. The third-order valence-corrected chi connectivity index (χ3v) is 13.4. The van der Waals surface area contributed by atoms with E-state index >= 15 is 0 Å². The zero-order chi connectivity index (χ0) is 47.7. The van der Waals surface area contributed by atoms with E-state index in [-0.39, 0.29) is 31.1 Å². The van der Waals surface area contributed by atoms with Gasteiger partial charge in [0.05, 0.1) is 0 Å². The number of carbonyl (C=O) groups excluding carboxylic acids is 3. The minimum absolute atomic E-state index is 0.0635. The van der Waals surface area contributed by atoms with Gasteiger partial charge < -0.3 is 14.2 Å². The van der Waals surface area contributed by atoms with Crippen LogP contribution in [0.4, 0.5) is 0 Å². The number of carbonyl (C=O) groups is 3. The summed E-state index contributed by atoms with van der Waals surface area (Å²) in [4.78, 5) is 38.1. The molecule has 0 saturated heterocycles. The highest BCUT2D eigenvalue weighted by Gasteiger charge is 2.19. The van der Waals surface area contributed by atoms with E-state index in [9.17, 15) is 14.4 Å². The Balaban J connectivity index is 4.28. The summed E-state index contributed by atoms with van der Waals surface area (Å²) in [6.45, 7) is 13.8. The van der Waals surface area contributed by atoms with E-state index in [2.05, 4.69) is 41.5 Å². The zero-order valence-corrected chi connectivity index (χ0v) is 44.8. The van der Waals surface area contributed by atoms with Crippen molar-refractivity contribution in [1.82, 2.24) is 0 Å². The van der Waals surface area contributed by atoms with Gasteiger partial charge in [-0.2, -0.15) is 0 Å². The van der Waals surface area contributed by atoms with Gasteiger partial charge in [-0.3, -0.25) is 14.4 Å². The van der Waals surface area contributed by atoms with Gasteiger partial charge in [0.2, 0.25) is 0 Å². The van der Waals surface area contributed by atoms with Gasteiger partial charge in [-0.25, -0.2) is 0 Å². The molecular formula is C59H114O6. The molecule has 0 unspecified atom stereocenters. The molecule has 0 fully saturated rings. The second kappa shape index (κ2) is 50.3. The summed E-state index contributed by atoms with van der Waals surface area (Å²) in [5.41, 5.74) is 0. The summed E-state index contributed by atoms with van der Waals surface area (Å²) in [5, 5.41) is 0. The third kappa shape index (κ3) is 53.2. The predicted octanol–water partition coefficient (Wildman–Crippen LogP) is 19.1. The lowest BCUT2D eigenvalue weighted by atomic mass is 10.0. The first kappa shape index (κ1) is 63.4. The second-order valence-electron chi connectivity index (χ2n) is 21.7. The van der Waals surface area contributed by atoms with Crippen molar-refractivity contribution in [1.29, 1.82) is 0 Å². The van der Waals surface area contributed by atoms with Crippen molar-refractivity contribution in [2.75, 3.05) is 13.2 Å². The average molecular weight is 920 g/mol. The van der Waals surface area contributed by atoms with Crippen LogP contribution in [0, 0.1) is 17.8 Å². The lowest BCUT2D eigenvalue weighted by Crippen LogP contribution is -2.30. The fourth-order valence-electron chi connectivity index (χ4n) is 9.00. The van der Waals surface area contributed by atoms with Crippen molar-refractivity contribution in [3.8, 4) is 0 Å². The van der Waals surface area contributed by atoms with Crippen LogP contribution in [0.15, 0.2) is 0 Å². The lowest BCUT2D eigenvalue weighted by Gasteiger charge is -2.18. The smallest absolute Gasteiger partial charge is 0.306 e. The molecule has 0 saturated carbocycles. The summed E-state index contributed by atoms with van der Waals surface area (Å²) < 4.78 is 16.9. The maximum absolute atomic E-state index is 12.8. The van der Waals surface area contributed by atoms with Crippen molar-refractivity contribution in [2.45, 2.75) is 330 Å². The normalized spacial score (nSPS) is 12.1. The van der Waals surface area contributed by atoms with Gasteiger partial charge >= 0.3 is 17.9 Å². The SMILES string of the molecule is CC(C)CCCCCCCCCCCCCCCCCCC(=O)OC[C@@H](COC(=O)CCCCCCCCCCCCC(C)C)OC(=O)CCCCCCCCCCCCCCC(C)C. The Morgan fingerprint density at radius 1 is 0.262 bits per heavy atom. The second-order valence-corrected chi connectivity index (χ2v) is 21.7. The van der Waals surface area contributed by atoms with E-state index in [1.807, 2.05) is 0 Å². The molecule has 0 aliphatic rings. The molecule has 0 aliphatic carbocycles. The highest BCUT2D eigenvalue weighted by atomic mass is 16.6. The van der Waals surface area contributed by atoms with Gasteiger partial charge in [0.25, 0.3) is 0 Å². The summed E-state index contributed by atoms with van der Waals surface area (Å²) >= 11 is 0. The van der Waals surface area contributed by atoms with E-state index in [1.54, 1.807) is 0 Å². The van der Waals surface area contributed by atoms with Crippen LogP contribution in [0.3, 0.4) is 0 Å². The Bertz CT molecular complexity index is 1010. The molecule has 0 aromatic carbocycles. The molecule has 0 heterocycles. The molecule has 0 N–H and O–H groups in total. The first-order valence-electron chi connectivity index (χ1n) is 29.1. The fraction of sp³-hybridized carbons (Fsp3) is 0.949. The molecule has 386 valence electrons. The molecule has 0 spiro atoms. The lowest BCUT2D eigenvalue weighted by molar-refractivity contribution is -0.167. The van der Waals surface area contributed by atoms with Crippen molar-refractivity contribution in [3.63, 3.8) is 0 Å².